The first-order valence-corrected chi connectivity index (χ1v) is 5.72. The number of hydrogen-bond donors (Lipinski definition) is 2. The molecule has 84 valence electrons. The number of aromatic nitrogens is 1. The maximum Gasteiger partial charge on any atom is 0.203 e. The third-order valence-electron chi connectivity index (χ3n) is 2.72. The summed E-state index contributed by atoms with van der Waals surface area (Å²) >= 11 is 1.99. The fraction of sp³-hybridized carbons (Fsp3) is 0.182. The molecule has 5 heteroatoms. The number of aromatic hydroxyl groups is 2. The van der Waals surface area contributed by atoms with Gasteiger partial charge < -0.3 is 14.8 Å². The van der Waals surface area contributed by atoms with E-state index < -0.39 is 0 Å². The van der Waals surface area contributed by atoms with E-state index >= 15 is 0 Å². The molecule has 1 aromatic carbocycles. The summed E-state index contributed by atoms with van der Waals surface area (Å²) in [5.74, 6) is -0.493. The molecule has 16 heavy (non-hydrogen) atoms. The molecule has 2 N–H and O–H groups in total. The molecule has 0 aliphatic rings. The summed E-state index contributed by atoms with van der Waals surface area (Å²) in [6.45, 7) is 1.84. The number of phenols is 2. The second-order valence-corrected chi connectivity index (χ2v) is 4.72. The number of hydrogen-bond acceptors (Lipinski definition) is 3. The number of benzene rings is 1. The highest BCUT2D eigenvalue weighted by atomic mass is 127. The van der Waals surface area contributed by atoms with Gasteiger partial charge in [-0.05, 0) is 35.6 Å². The lowest BCUT2D eigenvalue weighted by atomic mass is 10.1. The van der Waals surface area contributed by atoms with Crippen molar-refractivity contribution in [1.29, 1.82) is 0 Å². The maximum absolute atomic E-state index is 12.0. The van der Waals surface area contributed by atoms with Gasteiger partial charge in [0.2, 0.25) is 5.43 Å². The third-order valence-corrected chi connectivity index (χ3v) is 3.99. The van der Waals surface area contributed by atoms with Crippen LogP contribution in [0.25, 0.3) is 10.9 Å². The molecule has 2 aromatic rings. The molecular weight excluding hydrogens is 321 g/mol. The fourth-order valence-corrected chi connectivity index (χ4v) is 2.29. The van der Waals surface area contributed by atoms with E-state index in [1.165, 1.54) is 12.1 Å². The molecule has 1 aromatic heterocycles. The Morgan fingerprint density at radius 2 is 1.81 bits per heavy atom. The number of aryl methyl sites for hydroxylation is 1. The van der Waals surface area contributed by atoms with Crippen LogP contribution in [-0.4, -0.2) is 14.8 Å². The highest BCUT2D eigenvalue weighted by Crippen LogP contribution is 2.29. The first-order valence-electron chi connectivity index (χ1n) is 4.64. The van der Waals surface area contributed by atoms with Crippen molar-refractivity contribution < 1.29 is 10.2 Å². The lowest BCUT2D eigenvalue weighted by Gasteiger charge is -2.11. The average molecular weight is 331 g/mol. The molecule has 0 bridgehead atoms. The van der Waals surface area contributed by atoms with Crippen molar-refractivity contribution in [2.24, 2.45) is 7.05 Å². The van der Waals surface area contributed by atoms with Crippen LogP contribution in [0.5, 0.6) is 11.5 Å². The summed E-state index contributed by atoms with van der Waals surface area (Å²) in [4.78, 5) is 12.0. The number of fused-ring (bicyclic) bond motifs is 1. The number of pyridine rings is 1. The van der Waals surface area contributed by atoms with E-state index in [4.69, 9.17) is 0 Å². The van der Waals surface area contributed by atoms with Crippen LogP contribution in [0.4, 0.5) is 0 Å². The van der Waals surface area contributed by atoms with Gasteiger partial charge in [0.15, 0.2) is 11.5 Å². The minimum atomic E-state index is -0.274. The highest BCUT2D eigenvalue weighted by molar-refractivity contribution is 14.1. The van der Waals surface area contributed by atoms with Crippen LogP contribution in [0.3, 0.4) is 0 Å². The molecule has 0 saturated carbocycles. The normalized spacial score (nSPS) is 10.9. The molecule has 0 aliphatic heterocycles. The van der Waals surface area contributed by atoms with Crippen LogP contribution < -0.4 is 5.43 Å². The van der Waals surface area contributed by atoms with Gasteiger partial charge in [0.1, 0.15) is 0 Å². The maximum atomic E-state index is 12.0. The Bertz CT molecular complexity index is 646. The van der Waals surface area contributed by atoms with Crippen molar-refractivity contribution in [2.75, 3.05) is 0 Å². The van der Waals surface area contributed by atoms with Gasteiger partial charge in [0.25, 0.3) is 0 Å². The van der Waals surface area contributed by atoms with E-state index in [1.54, 1.807) is 0 Å². The molecule has 0 saturated heterocycles. The van der Waals surface area contributed by atoms with Crippen LogP contribution in [0.1, 0.15) is 5.69 Å². The lowest BCUT2D eigenvalue weighted by Crippen LogP contribution is -2.14. The van der Waals surface area contributed by atoms with Crippen molar-refractivity contribution in [3.8, 4) is 11.5 Å². The molecule has 4 nitrogen and oxygen atoms in total. The van der Waals surface area contributed by atoms with Crippen molar-refractivity contribution in [3.05, 3.63) is 31.6 Å². The zero-order valence-corrected chi connectivity index (χ0v) is 10.9. The van der Waals surface area contributed by atoms with Gasteiger partial charge >= 0.3 is 0 Å². The third kappa shape index (κ3) is 1.46. The van der Waals surface area contributed by atoms with E-state index in [2.05, 4.69) is 0 Å². The topological polar surface area (TPSA) is 62.5 Å². The predicted molar refractivity (Wildman–Crippen MR) is 70.0 cm³/mol. The quantitative estimate of drug-likeness (QED) is 0.572. The Morgan fingerprint density at radius 1 is 1.25 bits per heavy atom. The van der Waals surface area contributed by atoms with Gasteiger partial charge in [0.05, 0.1) is 14.5 Å². The van der Waals surface area contributed by atoms with Crippen LogP contribution >= 0.6 is 22.6 Å². The van der Waals surface area contributed by atoms with E-state index in [0.717, 1.165) is 5.69 Å². The summed E-state index contributed by atoms with van der Waals surface area (Å²) < 4.78 is 2.44. The highest BCUT2D eigenvalue weighted by Gasteiger charge is 2.12. The standard InChI is InChI=1S/C11H10INO3/c1-5-10(12)11(16)6-3-8(14)9(15)4-7(6)13(5)2/h3-4,14-15H,1-2H3. The van der Waals surface area contributed by atoms with Crippen molar-refractivity contribution in [2.45, 2.75) is 6.92 Å². The smallest absolute Gasteiger partial charge is 0.203 e. The van der Waals surface area contributed by atoms with E-state index in [1.807, 2.05) is 41.1 Å². The number of halogens is 1. The summed E-state index contributed by atoms with van der Waals surface area (Å²) in [6.07, 6.45) is 0. The van der Waals surface area contributed by atoms with Gasteiger partial charge in [-0.15, -0.1) is 0 Å². The van der Waals surface area contributed by atoms with Gasteiger partial charge in [0, 0.05) is 18.8 Å². The summed E-state index contributed by atoms with van der Waals surface area (Å²) in [5.41, 5.74) is 1.32. The molecule has 1 heterocycles. The second-order valence-electron chi connectivity index (χ2n) is 3.65. The summed E-state index contributed by atoms with van der Waals surface area (Å²) in [5, 5.41) is 19.2. The Balaban J connectivity index is 3.09. The molecule has 0 fully saturated rings. The predicted octanol–water partition coefficient (Wildman–Crippen LogP) is 1.86. The Hall–Kier alpha value is -1.24. The van der Waals surface area contributed by atoms with Crippen LogP contribution in [0, 0.1) is 10.5 Å². The second kappa shape index (κ2) is 3.65. The largest absolute Gasteiger partial charge is 0.504 e. The first kappa shape index (κ1) is 11.3. The van der Waals surface area contributed by atoms with Crippen molar-refractivity contribution >= 4 is 33.5 Å². The van der Waals surface area contributed by atoms with Crippen molar-refractivity contribution in [1.82, 2.24) is 4.57 Å². The number of nitrogens with zero attached hydrogens (tertiary/aromatic N) is 1. The van der Waals surface area contributed by atoms with Crippen LogP contribution in [-0.2, 0) is 7.05 Å². The fourth-order valence-electron chi connectivity index (χ4n) is 1.64. The zero-order chi connectivity index (χ0) is 12.0. The molecule has 0 amide bonds. The minimum absolute atomic E-state index is 0.124. The zero-order valence-electron chi connectivity index (χ0n) is 8.78. The Morgan fingerprint density at radius 3 is 2.44 bits per heavy atom. The molecule has 0 atom stereocenters. The van der Waals surface area contributed by atoms with Crippen LogP contribution in [0.15, 0.2) is 16.9 Å². The Kier molecular flexibility index (Phi) is 2.57. The SMILES string of the molecule is Cc1c(I)c(=O)c2cc(O)c(O)cc2n1C. The average Bonchev–Trinajstić information content (AvgIpc) is 2.26. The van der Waals surface area contributed by atoms with E-state index in [0.29, 0.717) is 14.5 Å². The Labute approximate surface area is 105 Å². The van der Waals surface area contributed by atoms with E-state index in [-0.39, 0.29) is 16.9 Å². The van der Waals surface area contributed by atoms with E-state index in [9.17, 15) is 15.0 Å². The first-order chi connectivity index (χ1) is 7.43. The lowest BCUT2D eigenvalue weighted by molar-refractivity contribution is 0.404. The molecule has 0 unspecified atom stereocenters. The molecular formula is C11H10INO3. The van der Waals surface area contributed by atoms with Gasteiger partial charge in [-0.2, -0.15) is 0 Å². The van der Waals surface area contributed by atoms with Gasteiger partial charge in [-0.1, -0.05) is 0 Å². The molecule has 0 radical (unpaired) electrons. The van der Waals surface area contributed by atoms with Crippen molar-refractivity contribution in [3.63, 3.8) is 0 Å². The molecule has 2 rings (SSSR count). The van der Waals surface area contributed by atoms with Gasteiger partial charge in [-0.25, -0.2) is 0 Å². The molecule has 0 spiro atoms. The number of rotatable bonds is 0. The molecule has 0 aliphatic carbocycles. The van der Waals surface area contributed by atoms with Gasteiger partial charge in [-0.3, -0.25) is 4.79 Å². The van der Waals surface area contributed by atoms with Crippen LogP contribution in [0.2, 0.25) is 0 Å². The minimum Gasteiger partial charge on any atom is -0.504 e. The monoisotopic (exact) mass is 331 g/mol. The summed E-state index contributed by atoms with van der Waals surface area (Å²) in [6, 6.07) is 2.70. The number of phenolic OH excluding ortho intramolecular Hbond substituents is 2. The summed E-state index contributed by atoms with van der Waals surface area (Å²) in [7, 11) is 1.82.